The molecule has 4 heterocycles. The molecule has 57 heavy (non-hydrogen) atoms. The van der Waals surface area contributed by atoms with Crippen molar-refractivity contribution >= 4 is 44.6 Å². The molecule has 4 amide bonds. The first kappa shape index (κ1) is 39.2. The molecule has 6 aliphatic rings. The lowest BCUT2D eigenvalue weighted by molar-refractivity contribution is -0.142. The van der Waals surface area contributed by atoms with Crippen molar-refractivity contribution in [2.24, 2.45) is 23.2 Å². The van der Waals surface area contributed by atoms with Gasteiger partial charge in [0.25, 0.3) is 5.91 Å². The van der Waals surface area contributed by atoms with Gasteiger partial charge in [-0.3, -0.25) is 19.1 Å². The molecule has 1 aromatic heterocycles. The van der Waals surface area contributed by atoms with Gasteiger partial charge in [0.2, 0.25) is 27.7 Å². The first-order valence-corrected chi connectivity index (χ1v) is 21.7. The number of allylic oxidation sites excluding steroid dienone is 1. The summed E-state index contributed by atoms with van der Waals surface area (Å²) in [5.41, 5.74) is -1.59. The number of carbonyl (C=O) groups excluding carboxylic acids is 4. The molecule has 7 atom stereocenters. The Hall–Kier alpha value is -4.60. The molecule has 8 rings (SSSR count). The van der Waals surface area contributed by atoms with Crippen LogP contribution in [0.25, 0.3) is 10.8 Å². The van der Waals surface area contributed by atoms with E-state index in [1.807, 2.05) is 32.1 Å². The minimum atomic E-state index is -4.00. The Kier molecular flexibility index (Phi) is 10.1. The van der Waals surface area contributed by atoms with Gasteiger partial charge in [-0.25, -0.2) is 18.2 Å². The van der Waals surface area contributed by atoms with Gasteiger partial charge in [-0.15, -0.1) is 0 Å². The summed E-state index contributed by atoms with van der Waals surface area (Å²) in [5, 5.41) is 7.17. The van der Waals surface area contributed by atoms with Crippen LogP contribution in [-0.4, -0.2) is 97.0 Å². The fourth-order valence-corrected chi connectivity index (χ4v) is 9.67. The number of benzene rings is 1. The van der Waals surface area contributed by atoms with Gasteiger partial charge in [-0.1, -0.05) is 32.9 Å². The maximum absolute atomic E-state index is 14.9. The lowest BCUT2D eigenvalue weighted by Crippen LogP contribution is -2.59. The largest absolute Gasteiger partial charge is 0.486 e. The van der Waals surface area contributed by atoms with E-state index in [0.717, 1.165) is 24.6 Å². The molecule has 0 spiro atoms. The van der Waals surface area contributed by atoms with Gasteiger partial charge in [0.05, 0.1) is 17.9 Å². The van der Waals surface area contributed by atoms with Crippen LogP contribution in [0.5, 0.6) is 17.4 Å². The Morgan fingerprint density at radius 2 is 1.81 bits per heavy atom. The molecule has 0 radical (unpaired) electrons. The highest BCUT2D eigenvalue weighted by atomic mass is 32.2. The van der Waals surface area contributed by atoms with Crippen molar-refractivity contribution in [2.75, 3.05) is 26.4 Å². The summed E-state index contributed by atoms with van der Waals surface area (Å²) >= 11 is 0. The molecule has 4 fully saturated rings. The summed E-state index contributed by atoms with van der Waals surface area (Å²) < 4.78 is 51.5. The average Bonchev–Trinajstić information content (AvgIpc) is 4.14. The summed E-state index contributed by atoms with van der Waals surface area (Å²) in [6.07, 6.45) is 9.10. The van der Waals surface area contributed by atoms with E-state index in [0.29, 0.717) is 55.8 Å². The number of nitrogens with zero attached hydrogens (tertiary/aromatic N) is 2. The summed E-state index contributed by atoms with van der Waals surface area (Å²) in [7, 11) is -4.00. The summed E-state index contributed by atoms with van der Waals surface area (Å²) in [6.45, 7) is 8.67. The number of amides is 4. The van der Waals surface area contributed by atoms with E-state index in [4.69, 9.17) is 18.9 Å². The van der Waals surface area contributed by atoms with Gasteiger partial charge in [0.1, 0.15) is 36.9 Å². The molecule has 1 unspecified atom stereocenters. The van der Waals surface area contributed by atoms with Crippen LogP contribution >= 0.6 is 0 Å². The second kappa shape index (κ2) is 14.7. The van der Waals surface area contributed by atoms with Crippen molar-refractivity contribution in [3.05, 3.63) is 36.5 Å². The molecule has 1 aromatic carbocycles. The predicted octanol–water partition coefficient (Wildman–Crippen LogP) is 4.13. The van der Waals surface area contributed by atoms with Gasteiger partial charge < -0.3 is 34.5 Å². The van der Waals surface area contributed by atoms with E-state index in [1.165, 1.54) is 4.90 Å². The molecular weight excluding hydrogens is 755 g/mol. The standard InChI is InChI=1S/C41H53N5O10S/c1-24-7-5-6-8-26-21-41(26,37(49)45-57(51,52)40(4)14-15-40)44-34(47)30-20-27(56-35-29-9-10-31-33(54-18-17-53-31)28(29)11-16-42-35)22-46(30)36(48)32(25(2)19-24)43-38(50)55-23-39(3)12-13-39/h6,8-11,16,24-27,30,32H,5,7,12-15,17-23H2,1-4H3,(H,43,50)(H,44,47)(H,45,49)/b8-6-/t24-,25+,26?,27+,30-,32-,41+/m0/s1. The first-order chi connectivity index (χ1) is 27.1. The Morgan fingerprint density at radius 1 is 1.04 bits per heavy atom. The van der Waals surface area contributed by atoms with Crippen LogP contribution in [0.2, 0.25) is 0 Å². The Bertz CT molecular complexity index is 2100. The number of aromatic nitrogens is 1. The number of sulfonamides is 1. The van der Waals surface area contributed by atoms with E-state index in [1.54, 1.807) is 25.3 Å². The zero-order valence-corrected chi connectivity index (χ0v) is 33.8. The summed E-state index contributed by atoms with van der Waals surface area (Å²) in [5.74, 6) is -1.06. The van der Waals surface area contributed by atoms with Gasteiger partial charge in [-0.2, -0.15) is 0 Å². The van der Waals surface area contributed by atoms with Crippen molar-refractivity contribution < 1.29 is 46.5 Å². The monoisotopic (exact) mass is 807 g/mol. The number of ether oxygens (including phenoxy) is 4. The number of alkyl carbamates (subject to hydrolysis) is 1. The fraction of sp³-hybridized carbons (Fsp3) is 0.634. The molecule has 0 bridgehead atoms. The van der Waals surface area contributed by atoms with Crippen molar-refractivity contribution in [2.45, 2.75) is 114 Å². The minimum absolute atomic E-state index is 0.0254. The number of hydrogen-bond acceptors (Lipinski definition) is 11. The Balaban J connectivity index is 1.11. The van der Waals surface area contributed by atoms with E-state index in [9.17, 15) is 27.6 Å². The quantitative estimate of drug-likeness (QED) is 0.325. The molecule has 3 N–H and O–H groups in total. The van der Waals surface area contributed by atoms with E-state index >= 15 is 0 Å². The van der Waals surface area contributed by atoms with Crippen LogP contribution in [-0.2, 0) is 29.1 Å². The van der Waals surface area contributed by atoms with Crippen molar-refractivity contribution in [3.63, 3.8) is 0 Å². The average molecular weight is 808 g/mol. The van der Waals surface area contributed by atoms with Crippen LogP contribution in [0.4, 0.5) is 4.79 Å². The summed E-state index contributed by atoms with van der Waals surface area (Å²) in [6, 6.07) is 3.26. The van der Waals surface area contributed by atoms with Crippen molar-refractivity contribution in [1.29, 1.82) is 0 Å². The molecular formula is C41H53N5O10S. The topological polar surface area (TPSA) is 192 Å². The number of fused-ring (bicyclic) bond motifs is 5. The number of carbonyl (C=O) groups is 4. The normalized spacial score (nSPS) is 32.0. The van der Waals surface area contributed by atoms with Crippen LogP contribution in [0, 0.1) is 23.2 Å². The molecule has 3 aliphatic carbocycles. The van der Waals surface area contributed by atoms with E-state index in [-0.39, 0.29) is 49.1 Å². The number of rotatable bonds is 8. The highest BCUT2D eigenvalue weighted by Crippen LogP contribution is 2.48. The van der Waals surface area contributed by atoms with Crippen LogP contribution in [0.1, 0.15) is 85.5 Å². The molecule has 15 nitrogen and oxygen atoms in total. The maximum atomic E-state index is 14.9. The molecule has 3 saturated carbocycles. The molecule has 2 aromatic rings. The zero-order chi connectivity index (χ0) is 40.3. The number of nitrogens with one attached hydrogen (secondary N) is 3. The third kappa shape index (κ3) is 7.85. The van der Waals surface area contributed by atoms with Crippen molar-refractivity contribution in [1.82, 2.24) is 25.2 Å². The van der Waals surface area contributed by atoms with Gasteiger partial charge in [-0.05, 0) is 88.3 Å². The second-order valence-electron chi connectivity index (χ2n) is 17.8. The first-order valence-electron chi connectivity index (χ1n) is 20.2. The van der Waals surface area contributed by atoms with Crippen LogP contribution in [0.15, 0.2) is 36.5 Å². The molecule has 1 saturated heterocycles. The second-order valence-corrected chi connectivity index (χ2v) is 20.0. The highest BCUT2D eigenvalue weighted by Gasteiger charge is 2.63. The SMILES string of the molecule is C[C@H]1CC/C=C\C2C[C@@]2(C(=O)NS(=O)(=O)C2(C)CC2)NC(=O)[C@@H]2C[C@@H](Oc3nccc4c5c(ccc34)OCCO5)CN2C(=O)[C@@H](NC(=O)OCC2(C)CC2)[C@H](C)C1. The lowest BCUT2D eigenvalue weighted by atomic mass is 9.88. The van der Waals surface area contributed by atoms with Crippen molar-refractivity contribution in [3.8, 4) is 17.4 Å². The highest BCUT2D eigenvalue weighted by molar-refractivity contribution is 7.91. The smallest absolute Gasteiger partial charge is 0.407 e. The maximum Gasteiger partial charge on any atom is 0.407 e. The van der Waals surface area contributed by atoms with Gasteiger partial charge in [0.15, 0.2) is 11.5 Å². The third-order valence-corrected chi connectivity index (χ3v) is 15.0. The zero-order valence-electron chi connectivity index (χ0n) is 33.0. The minimum Gasteiger partial charge on any atom is -0.486 e. The molecule has 308 valence electrons. The van der Waals surface area contributed by atoms with Gasteiger partial charge >= 0.3 is 6.09 Å². The Morgan fingerprint density at radius 3 is 2.56 bits per heavy atom. The van der Waals surface area contributed by atoms with E-state index in [2.05, 4.69) is 27.3 Å². The van der Waals surface area contributed by atoms with E-state index < -0.39 is 68.2 Å². The summed E-state index contributed by atoms with van der Waals surface area (Å²) in [4.78, 5) is 62.6. The molecule has 3 aliphatic heterocycles. The third-order valence-electron chi connectivity index (χ3n) is 12.9. The van der Waals surface area contributed by atoms with Gasteiger partial charge in [0, 0.05) is 34.7 Å². The number of hydrogen-bond donors (Lipinski definition) is 3. The predicted molar refractivity (Wildman–Crippen MR) is 208 cm³/mol. The fourth-order valence-electron chi connectivity index (χ4n) is 8.35. The number of pyridine rings is 1. The Labute approximate surface area is 333 Å². The lowest BCUT2D eigenvalue weighted by Gasteiger charge is -2.32. The van der Waals surface area contributed by atoms with Crippen LogP contribution < -0.4 is 29.6 Å². The van der Waals surface area contributed by atoms with Crippen LogP contribution in [0.3, 0.4) is 0 Å². The molecule has 16 heteroatoms.